The van der Waals surface area contributed by atoms with Gasteiger partial charge in [0.25, 0.3) is 0 Å². The fourth-order valence-corrected chi connectivity index (χ4v) is 12.3. The molecular weight excluding hydrogens is 835 g/mol. The minimum atomic E-state index is -0.241. The third-order valence-corrected chi connectivity index (χ3v) is 15.7. The second-order valence-electron chi connectivity index (χ2n) is 20.2. The largest absolute Gasteiger partial charge is 0.310 e. The summed E-state index contributed by atoms with van der Waals surface area (Å²) in [6.45, 7) is 9.53. The molecule has 0 fully saturated rings. The van der Waals surface area contributed by atoms with Gasteiger partial charge in [-0.1, -0.05) is 155 Å². The van der Waals surface area contributed by atoms with Crippen molar-refractivity contribution in [2.24, 2.45) is 0 Å². The fourth-order valence-electron chi connectivity index (χ4n) is 12.3. The first kappa shape index (κ1) is 39.7. The topological polar surface area (TPSA) is 13.1 Å². The Morgan fingerprint density at radius 2 is 0.725 bits per heavy atom. The van der Waals surface area contributed by atoms with Gasteiger partial charge in [0.2, 0.25) is 0 Å². The number of anilines is 3. The molecule has 10 aromatic carbocycles. The number of benzene rings is 10. The number of fused-ring (bicyclic) bond motifs is 12. The van der Waals surface area contributed by atoms with Crippen molar-refractivity contribution >= 4 is 60.7 Å². The van der Waals surface area contributed by atoms with Gasteiger partial charge >= 0.3 is 0 Å². The molecule has 12 aromatic rings. The van der Waals surface area contributed by atoms with Crippen LogP contribution >= 0.6 is 0 Å². The van der Waals surface area contributed by atoms with Gasteiger partial charge in [-0.3, -0.25) is 0 Å². The van der Waals surface area contributed by atoms with E-state index in [1.165, 1.54) is 116 Å². The maximum atomic E-state index is 2.47. The van der Waals surface area contributed by atoms with Gasteiger partial charge in [-0.15, -0.1) is 0 Å². The number of hydrogen-bond donors (Lipinski definition) is 0. The van der Waals surface area contributed by atoms with Crippen molar-refractivity contribution in [1.82, 2.24) is 9.13 Å². The highest BCUT2D eigenvalue weighted by molar-refractivity contribution is 6.13. The van der Waals surface area contributed by atoms with Gasteiger partial charge in [-0.25, -0.2) is 0 Å². The van der Waals surface area contributed by atoms with Crippen molar-refractivity contribution in [2.45, 2.75) is 38.5 Å². The van der Waals surface area contributed by atoms with Crippen molar-refractivity contribution < 1.29 is 0 Å². The summed E-state index contributed by atoms with van der Waals surface area (Å²) in [6, 6.07) is 83.5. The summed E-state index contributed by atoms with van der Waals surface area (Å²) < 4.78 is 4.86. The van der Waals surface area contributed by atoms with Crippen LogP contribution in [0.3, 0.4) is 0 Å². The second kappa shape index (κ2) is 14.6. The third kappa shape index (κ3) is 5.74. The number of aromatic nitrogens is 2. The summed E-state index contributed by atoms with van der Waals surface area (Å²) in [6.07, 6.45) is 0. The van der Waals surface area contributed by atoms with Crippen molar-refractivity contribution in [3.8, 4) is 44.8 Å². The normalized spacial score (nSPS) is 14.0. The molecule has 69 heavy (non-hydrogen) atoms. The molecular formula is C66H49N3. The SMILES string of the molecule is CC1(C)c2ccccc2-c2ccc(N(c3ccccc3)c3ccc4c(c3)C(C)(C)c3cc(-n5c6ccccc6c6cc(-c7ccc8c(c7)c7ccccc7n8-c7ccccc7)ccc65)ccc3-4)cc21. The van der Waals surface area contributed by atoms with Crippen LogP contribution in [-0.4, -0.2) is 9.13 Å². The van der Waals surface area contributed by atoms with Gasteiger partial charge in [0.1, 0.15) is 0 Å². The Morgan fingerprint density at radius 3 is 1.32 bits per heavy atom. The predicted octanol–water partition coefficient (Wildman–Crippen LogP) is 17.6. The van der Waals surface area contributed by atoms with E-state index in [0.717, 1.165) is 11.4 Å². The van der Waals surface area contributed by atoms with Gasteiger partial charge in [-0.2, -0.15) is 0 Å². The van der Waals surface area contributed by atoms with Gasteiger partial charge < -0.3 is 14.0 Å². The molecule has 0 spiro atoms. The minimum Gasteiger partial charge on any atom is -0.310 e. The third-order valence-electron chi connectivity index (χ3n) is 15.7. The summed E-state index contributed by atoms with van der Waals surface area (Å²) >= 11 is 0. The average Bonchev–Trinajstić information content (AvgIpc) is 4.05. The van der Waals surface area contributed by atoms with Gasteiger partial charge in [-0.05, 0) is 153 Å². The van der Waals surface area contributed by atoms with Crippen LogP contribution in [0.15, 0.2) is 224 Å². The van der Waals surface area contributed by atoms with Gasteiger partial charge in [0, 0.05) is 60.8 Å². The molecule has 2 heterocycles. The lowest BCUT2D eigenvalue weighted by Gasteiger charge is -2.29. The quantitative estimate of drug-likeness (QED) is 0.162. The molecule has 0 unspecified atom stereocenters. The zero-order chi connectivity index (χ0) is 46.2. The molecule has 0 aliphatic heterocycles. The van der Waals surface area contributed by atoms with E-state index in [2.05, 4.69) is 266 Å². The first-order chi connectivity index (χ1) is 33.7. The van der Waals surface area contributed by atoms with Crippen LogP contribution in [0.5, 0.6) is 0 Å². The summed E-state index contributed by atoms with van der Waals surface area (Å²) in [5.41, 5.74) is 23.5. The fraction of sp³-hybridized carbons (Fsp3) is 0.0909. The molecule has 3 nitrogen and oxygen atoms in total. The number of para-hydroxylation sites is 4. The van der Waals surface area contributed by atoms with E-state index in [-0.39, 0.29) is 10.8 Å². The minimum absolute atomic E-state index is 0.0936. The summed E-state index contributed by atoms with van der Waals surface area (Å²) in [5, 5.41) is 5.03. The van der Waals surface area contributed by atoms with Gasteiger partial charge in [0.15, 0.2) is 0 Å². The highest BCUT2D eigenvalue weighted by Gasteiger charge is 2.38. The first-order valence-corrected chi connectivity index (χ1v) is 24.3. The molecule has 0 saturated heterocycles. The van der Waals surface area contributed by atoms with E-state index in [1.807, 2.05) is 0 Å². The van der Waals surface area contributed by atoms with Crippen LogP contribution in [0, 0.1) is 0 Å². The summed E-state index contributed by atoms with van der Waals surface area (Å²) in [4.78, 5) is 2.44. The molecule has 2 aliphatic carbocycles. The molecule has 14 rings (SSSR count). The Labute approximate surface area is 402 Å². The Kier molecular flexibility index (Phi) is 8.38. The van der Waals surface area contributed by atoms with E-state index in [1.54, 1.807) is 0 Å². The van der Waals surface area contributed by atoms with Crippen LogP contribution in [0.1, 0.15) is 49.9 Å². The highest BCUT2D eigenvalue weighted by atomic mass is 15.1. The van der Waals surface area contributed by atoms with E-state index >= 15 is 0 Å². The van der Waals surface area contributed by atoms with E-state index < -0.39 is 0 Å². The predicted molar refractivity (Wildman–Crippen MR) is 290 cm³/mol. The Bertz CT molecular complexity index is 4070. The zero-order valence-electron chi connectivity index (χ0n) is 39.2. The molecule has 2 aromatic heterocycles. The second-order valence-corrected chi connectivity index (χ2v) is 20.2. The standard InChI is InChI=1S/C66H49N3/c1-65(2)57-24-14-11-21-49(57)50-32-29-46(39-58(50)65)67(44-17-7-5-8-18-44)47-30-33-51-52-34-31-48(41-60(52)66(3,4)59(51)40-47)69-62-26-16-13-23-54(62)56-38-43(28-36-64(56)69)42-27-35-63-55(37-42)53-22-12-15-25-61(53)68(63)45-19-9-6-10-20-45/h5-41H,1-4H3. The number of rotatable bonds is 6. The summed E-state index contributed by atoms with van der Waals surface area (Å²) in [5.74, 6) is 0. The van der Waals surface area contributed by atoms with Crippen LogP contribution in [0.2, 0.25) is 0 Å². The van der Waals surface area contributed by atoms with Crippen LogP contribution < -0.4 is 4.90 Å². The van der Waals surface area contributed by atoms with E-state index in [9.17, 15) is 0 Å². The van der Waals surface area contributed by atoms with E-state index in [4.69, 9.17) is 0 Å². The maximum absolute atomic E-state index is 2.47. The van der Waals surface area contributed by atoms with Crippen molar-refractivity contribution in [1.29, 1.82) is 0 Å². The smallest absolute Gasteiger partial charge is 0.0541 e. The van der Waals surface area contributed by atoms with Crippen molar-refractivity contribution in [3.05, 3.63) is 247 Å². The van der Waals surface area contributed by atoms with E-state index in [0.29, 0.717) is 0 Å². The molecule has 0 bridgehead atoms. The molecule has 0 amide bonds. The highest BCUT2D eigenvalue weighted by Crippen LogP contribution is 2.54. The van der Waals surface area contributed by atoms with Crippen LogP contribution in [0.25, 0.3) is 88.4 Å². The summed E-state index contributed by atoms with van der Waals surface area (Å²) in [7, 11) is 0. The Hall–Kier alpha value is -8.40. The number of hydrogen-bond acceptors (Lipinski definition) is 1. The molecule has 2 aliphatic rings. The lowest BCUT2D eigenvalue weighted by Crippen LogP contribution is -2.18. The molecule has 328 valence electrons. The first-order valence-electron chi connectivity index (χ1n) is 24.3. The van der Waals surface area contributed by atoms with Crippen LogP contribution in [0.4, 0.5) is 17.1 Å². The van der Waals surface area contributed by atoms with Crippen molar-refractivity contribution in [2.75, 3.05) is 4.90 Å². The molecule has 3 heteroatoms. The zero-order valence-corrected chi connectivity index (χ0v) is 39.2. The molecule has 0 radical (unpaired) electrons. The Morgan fingerprint density at radius 1 is 0.290 bits per heavy atom. The average molecular weight is 884 g/mol. The monoisotopic (exact) mass is 883 g/mol. The maximum Gasteiger partial charge on any atom is 0.0541 e. The molecule has 0 N–H and O–H groups in total. The Balaban J connectivity index is 0.856. The lowest BCUT2D eigenvalue weighted by atomic mass is 9.82. The molecule has 0 atom stereocenters. The van der Waals surface area contributed by atoms with Gasteiger partial charge in [0.05, 0.1) is 22.1 Å². The molecule has 0 saturated carbocycles. The lowest BCUT2D eigenvalue weighted by molar-refractivity contribution is 0.659. The van der Waals surface area contributed by atoms with Crippen molar-refractivity contribution in [3.63, 3.8) is 0 Å². The number of nitrogens with zero attached hydrogens (tertiary/aromatic N) is 3. The van der Waals surface area contributed by atoms with Crippen LogP contribution in [-0.2, 0) is 10.8 Å².